The molecule has 0 heterocycles. The Labute approximate surface area is 345 Å². The van der Waals surface area contributed by atoms with Gasteiger partial charge in [0.2, 0.25) is 23.6 Å². The van der Waals surface area contributed by atoms with Gasteiger partial charge in [0.25, 0.3) is 0 Å². The fraction of sp³-hybridized carbons (Fsp3) is 0.417. The second kappa shape index (κ2) is 26.6. The highest BCUT2D eigenvalue weighted by Crippen LogP contribution is 2.12. The van der Waals surface area contributed by atoms with Gasteiger partial charge in [-0.3, -0.25) is 19.2 Å². The van der Waals surface area contributed by atoms with Crippen molar-refractivity contribution in [2.24, 2.45) is 11.5 Å². The number of nitrogens with one attached hydrogen (secondary N) is 4. The highest BCUT2D eigenvalue weighted by atomic mass is 16.2. The fourth-order valence-corrected chi connectivity index (χ4v) is 6.93. The zero-order chi connectivity index (χ0) is 41.2. The van der Waals surface area contributed by atoms with Gasteiger partial charge in [-0.05, 0) is 47.9 Å². The fourth-order valence-electron chi connectivity index (χ4n) is 6.93. The minimum absolute atomic E-state index is 0.193. The Hall–Kier alpha value is -5.32. The van der Waals surface area contributed by atoms with Gasteiger partial charge >= 0.3 is 0 Å². The SMILES string of the molecule is N[C@H](Cc1ccccc1)C(=O)N[C@H](Cc1ccccc1)C(=O)NCCCCCCCCCCCCNC(=O)[C@@H](Cc1ccccc1)NC(=O)[C@H](N)Cc1ccccc1. The van der Waals surface area contributed by atoms with Crippen LogP contribution in [-0.4, -0.2) is 60.9 Å². The maximum absolute atomic E-state index is 13.2. The van der Waals surface area contributed by atoms with Crippen molar-refractivity contribution in [2.45, 2.75) is 114 Å². The maximum Gasteiger partial charge on any atom is 0.242 e. The Balaban J connectivity index is 1.05. The molecule has 0 unspecified atom stereocenters. The van der Waals surface area contributed by atoms with Crippen molar-refractivity contribution < 1.29 is 19.2 Å². The summed E-state index contributed by atoms with van der Waals surface area (Å²) in [5, 5.41) is 11.9. The average Bonchev–Trinajstić information content (AvgIpc) is 3.24. The van der Waals surface area contributed by atoms with Crippen LogP contribution in [0.4, 0.5) is 0 Å². The van der Waals surface area contributed by atoms with Gasteiger partial charge in [0.05, 0.1) is 12.1 Å². The van der Waals surface area contributed by atoms with E-state index in [9.17, 15) is 19.2 Å². The number of carbonyl (C=O) groups excluding carboxylic acids is 4. The molecule has 0 saturated carbocycles. The molecule has 4 rings (SSSR count). The lowest BCUT2D eigenvalue weighted by Crippen LogP contribution is -2.53. The number of carbonyl (C=O) groups is 4. The van der Waals surface area contributed by atoms with E-state index in [2.05, 4.69) is 21.3 Å². The van der Waals surface area contributed by atoms with E-state index in [1.165, 1.54) is 12.8 Å². The Bertz CT molecular complexity index is 1630. The van der Waals surface area contributed by atoms with Crippen molar-refractivity contribution in [3.05, 3.63) is 144 Å². The third-order valence-corrected chi connectivity index (χ3v) is 10.3. The molecular formula is C48H64N6O4. The minimum atomic E-state index is -0.747. The third-order valence-electron chi connectivity index (χ3n) is 10.3. The van der Waals surface area contributed by atoms with Crippen LogP contribution in [0.3, 0.4) is 0 Å². The van der Waals surface area contributed by atoms with Crippen LogP contribution in [-0.2, 0) is 44.9 Å². The van der Waals surface area contributed by atoms with Crippen LogP contribution < -0.4 is 32.7 Å². The molecule has 0 aliphatic rings. The molecule has 0 spiro atoms. The largest absolute Gasteiger partial charge is 0.354 e. The summed E-state index contributed by atoms with van der Waals surface area (Å²) in [4.78, 5) is 52.4. The Morgan fingerprint density at radius 1 is 0.362 bits per heavy atom. The molecule has 4 aromatic rings. The van der Waals surface area contributed by atoms with E-state index in [0.29, 0.717) is 38.8 Å². The molecule has 8 N–H and O–H groups in total. The monoisotopic (exact) mass is 788 g/mol. The lowest BCUT2D eigenvalue weighted by molar-refractivity contribution is -0.129. The summed E-state index contributed by atoms with van der Waals surface area (Å²) in [6.45, 7) is 1.13. The van der Waals surface area contributed by atoms with E-state index in [-0.39, 0.29) is 23.6 Å². The molecule has 0 radical (unpaired) electrons. The van der Waals surface area contributed by atoms with Crippen molar-refractivity contribution in [1.29, 1.82) is 0 Å². The van der Waals surface area contributed by atoms with Crippen LogP contribution in [0.5, 0.6) is 0 Å². The molecule has 0 aliphatic carbocycles. The lowest BCUT2D eigenvalue weighted by atomic mass is 10.0. The molecule has 10 heteroatoms. The van der Waals surface area contributed by atoms with Gasteiger partial charge in [0.1, 0.15) is 12.1 Å². The Morgan fingerprint density at radius 2 is 0.621 bits per heavy atom. The van der Waals surface area contributed by atoms with E-state index < -0.39 is 24.2 Å². The second-order valence-electron chi connectivity index (χ2n) is 15.2. The molecular weight excluding hydrogens is 725 g/mol. The minimum Gasteiger partial charge on any atom is -0.354 e. The van der Waals surface area contributed by atoms with Gasteiger partial charge in [0, 0.05) is 25.9 Å². The van der Waals surface area contributed by atoms with Crippen LogP contribution in [0.1, 0.15) is 86.5 Å². The van der Waals surface area contributed by atoms with Gasteiger partial charge in [0.15, 0.2) is 0 Å². The lowest BCUT2D eigenvalue weighted by Gasteiger charge is -2.21. The van der Waals surface area contributed by atoms with Gasteiger partial charge in [-0.15, -0.1) is 0 Å². The topological polar surface area (TPSA) is 168 Å². The summed E-state index contributed by atoms with van der Waals surface area (Å²) in [6.07, 6.45) is 12.3. The van der Waals surface area contributed by atoms with Crippen molar-refractivity contribution in [1.82, 2.24) is 21.3 Å². The zero-order valence-corrected chi connectivity index (χ0v) is 34.0. The Morgan fingerprint density at radius 3 is 0.914 bits per heavy atom. The summed E-state index contributed by atoms with van der Waals surface area (Å²) in [5.41, 5.74) is 16.3. The number of hydrogen-bond donors (Lipinski definition) is 6. The number of amides is 4. The molecule has 0 saturated heterocycles. The van der Waals surface area contributed by atoms with E-state index >= 15 is 0 Å². The summed E-state index contributed by atoms with van der Waals surface area (Å²) >= 11 is 0. The van der Waals surface area contributed by atoms with Crippen molar-refractivity contribution in [3.8, 4) is 0 Å². The van der Waals surface area contributed by atoms with Crippen molar-refractivity contribution >= 4 is 23.6 Å². The highest BCUT2D eigenvalue weighted by Gasteiger charge is 2.25. The molecule has 4 aromatic carbocycles. The molecule has 10 nitrogen and oxygen atoms in total. The van der Waals surface area contributed by atoms with Crippen molar-refractivity contribution in [3.63, 3.8) is 0 Å². The molecule has 0 aromatic heterocycles. The molecule has 0 fully saturated rings. The molecule has 58 heavy (non-hydrogen) atoms. The van der Waals surface area contributed by atoms with Crippen LogP contribution in [0.2, 0.25) is 0 Å². The van der Waals surface area contributed by atoms with Gasteiger partial charge in [-0.2, -0.15) is 0 Å². The first kappa shape index (κ1) is 45.4. The molecule has 4 atom stereocenters. The third kappa shape index (κ3) is 17.9. The second-order valence-corrected chi connectivity index (χ2v) is 15.2. The van der Waals surface area contributed by atoms with E-state index in [4.69, 9.17) is 11.5 Å². The van der Waals surface area contributed by atoms with Gasteiger partial charge in [-0.25, -0.2) is 0 Å². The van der Waals surface area contributed by atoms with Crippen LogP contribution >= 0.6 is 0 Å². The smallest absolute Gasteiger partial charge is 0.242 e. The summed E-state index contributed by atoms with van der Waals surface area (Å²) < 4.78 is 0. The predicted octanol–water partition coefficient (Wildman–Crippen LogP) is 5.71. The molecule has 0 bridgehead atoms. The quantitative estimate of drug-likeness (QED) is 0.0423. The first-order valence-corrected chi connectivity index (χ1v) is 21.1. The van der Waals surface area contributed by atoms with Crippen LogP contribution in [0.25, 0.3) is 0 Å². The maximum atomic E-state index is 13.2. The zero-order valence-electron chi connectivity index (χ0n) is 34.0. The van der Waals surface area contributed by atoms with Gasteiger partial charge in [-0.1, -0.05) is 173 Å². The standard InChI is InChI=1S/C48H64N6O4/c49-41(33-37-23-13-9-14-24-37)45(55)53-43(35-39-27-17-11-18-28-39)47(57)51-31-21-7-5-3-1-2-4-6-8-22-32-52-48(58)44(36-40-29-19-12-20-30-40)54-46(56)42(50)34-38-25-15-10-16-26-38/h9-20,23-30,41-44H,1-8,21-22,31-36,49-50H2,(H,51,57)(H,52,58)(H,53,55)(H,54,56)/t41-,42-,43-,44-/m1/s1. The normalized spacial score (nSPS) is 13.1. The summed E-state index contributed by atoms with van der Waals surface area (Å²) in [7, 11) is 0. The molecule has 4 amide bonds. The van der Waals surface area contributed by atoms with Gasteiger partial charge < -0.3 is 32.7 Å². The van der Waals surface area contributed by atoms with Crippen LogP contribution in [0.15, 0.2) is 121 Å². The summed E-state index contributed by atoms with van der Waals surface area (Å²) in [5.74, 6) is -1.06. The van der Waals surface area contributed by atoms with E-state index in [1.807, 2.05) is 121 Å². The summed E-state index contributed by atoms with van der Waals surface area (Å²) in [6, 6.07) is 35.7. The molecule has 310 valence electrons. The average molecular weight is 789 g/mol. The van der Waals surface area contributed by atoms with E-state index in [0.717, 1.165) is 73.6 Å². The molecule has 0 aliphatic heterocycles. The van der Waals surface area contributed by atoms with E-state index in [1.54, 1.807) is 0 Å². The first-order chi connectivity index (χ1) is 28.3. The Kier molecular flexibility index (Phi) is 20.8. The van der Waals surface area contributed by atoms with Crippen LogP contribution in [0, 0.1) is 0 Å². The number of nitrogens with two attached hydrogens (primary N) is 2. The predicted molar refractivity (Wildman–Crippen MR) is 233 cm³/mol. The highest BCUT2D eigenvalue weighted by molar-refractivity contribution is 5.90. The number of hydrogen-bond acceptors (Lipinski definition) is 6. The van der Waals surface area contributed by atoms with Crippen molar-refractivity contribution in [2.75, 3.05) is 13.1 Å². The number of benzene rings is 4. The first-order valence-electron chi connectivity index (χ1n) is 21.1. The number of unbranched alkanes of at least 4 members (excludes halogenated alkanes) is 9. The number of rotatable bonds is 27.